The molecule has 154 valence electrons. The number of rotatable bonds is 5. The highest BCUT2D eigenvalue weighted by atomic mass is 32.2. The summed E-state index contributed by atoms with van der Waals surface area (Å²) in [6.07, 6.45) is 1.60. The molecule has 8 nitrogen and oxygen atoms in total. The van der Waals surface area contributed by atoms with Crippen LogP contribution in [0.25, 0.3) is 0 Å². The van der Waals surface area contributed by atoms with Gasteiger partial charge >= 0.3 is 0 Å². The Morgan fingerprint density at radius 3 is 2.38 bits per heavy atom. The van der Waals surface area contributed by atoms with Gasteiger partial charge in [-0.25, -0.2) is 12.8 Å². The SMILES string of the molecule is CC1CCN(S(=O)(=O)c2ccc(C(=O)Nc3cc([N+](=O)[O-])ccc3F)cc2)CC1. The largest absolute Gasteiger partial charge is 0.319 e. The molecule has 0 saturated carbocycles. The van der Waals surface area contributed by atoms with Gasteiger partial charge < -0.3 is 5.32 Å². The van der Waals surface area contributed by atoms with Crippen molar-refractivity contribution in [3.63, 3.8) is 0 Å². The van der Waals surface area contributed by atoms with Crippen molar-refractivity contribution in [2.75, 3.05) is 18.4 Å². The van der Waals surface area contributed by atoms with E-state index in [0.717, 1.165) is 31.0 Å². The topological polar surface area (TPSA) is 110 Å². The van der Waals surface area contributed by atoms with Crippen molar-refractivity contribution >= 4 is 27.3 Å². The van der Waals surface area contributed by atoms with Crippen molar-refractivity contribution in [1.82, 2.24) is 4.31 Å². The summed E-state index contributed by atoms with van der Waals surface area (Å²) < 4.78 is 40.7. The van der Waals surface area contributed by atoms with Crippen LogP contribution in [0.15, 0.2) is 47.4 Å². The molecule has 1 amide bonds. The molecule has 1 N–H and O–H groups in total. The van der Waals surface area contributed by atoms with Crippen LogP contribution in [-0.2, 0) is 10.0 Å². The van der Waals surface area contributed by atoms with Gasteiger partial charge in [-0.2, -0.15) is 4.31 Å². The summed E-state index contributed by atoms with van der Waals surface area (Å²) >= 11 is 0. The highest BCUT2D eigenvalue weighted by molar-refractivity contribution is 7.89. The van der Waals surface area contributed by atoms with Crippen LogP contribution >= 0.6 is 0 Å². The number of nitro groups is 1. The van der Waals surface area contributed by atoms with E-state index in [2.05, 4.69) is 12.2 Å². The lowest BCUT2D eigenvalue weighted by Crippen LogP contribution is -2.37. The summed E-state index contributed by atoms with van der Waals surface area (Å²) in [5.74, 6) is -1.04. The van der Waals surface area contributed by atoms with Gasteiger partial charge in [0.25, 0.3) is 11.6 Å². The Morgan fingerprint density at radius 2 is 1.79 bits per heavy atom. The van der Waals surface area contributed by atoms with Crippen LogP contribution in [0.4, 0.5) is 15.8 Å². The van der Waals surface area contributed by atoms with Crippen molar-refractivity contribution in [3.05, 3.63) is 64.0 Å². The van der Waals surface area contributed by atoms with E-state index in [9.17, 15) is 27.7 Å². The zero-order valence-electron chi connectivity index (χ0n) is 15.7. The maximum Gasteiger partial charge on any atom is 0.271 e. The molecule has 0 bridgehead atoms. The molecule has 2 aromatic rings. The summed E-state index contributed by atoms with van der Waals surface area (Å²) in [5.41, 5.74) is -0.593. The quantitative estimate of drug-likeness (QED) is 0.588. The molecule has 0 aliphatic carbocycles. The van der Waals surface area contributed by atoms with Gasteiger partial charge in [0, 0.05) is 30.8 Å². The number of sulfonamides is 1. The third kappa shape index (κ3) is 4.60. The normalized spacial score (nSPS) is 15.8. The van der Waals surface area contributed by atoms with Crippen LogP contribution in [0.5, 0.6) is 0 Å². The second-order valence-corrected chi connectivity index (χ2v) is 8.92. The Labute approximate surface area is 167 Å². The first kappa shape index (κ1) is 20.9. The molecule has 1 heterocycles. The smallest absolute Gasteiger partial charge is 0.271 e. The standard InChI is InChI=1S/C19H20FN3O5S/c1-13-8-10-22(11-9-13)29(27,28)16-5-2-14(3-6-16)19(24)21-18-12-15(23(25)26)4-7-17(18)20/h2-7,12-13H,8-11H2,1H3,(H,21,24). The van der Waals surface area contributed by atoms with Gasteiger partial charge in [-0.3, -0.25) is 14.9 Å². The van der Waals surface area contributed by atoms with E-state index in [1.165, 1.54) is 28.6 Å². The fourth-order valence-corrected chi connectivity index (χ4v) is 4.54. The van der Waals surface area contributed by atoms with E-state index < -0.39 is 26.7 Å². The average molecular weight is 421 g/mol. The van der Waals surface area contributed by atoms with Crippen LogP contribution in [0, 0.1) is 21.8 Å². The summed E-state index contributed by atoms with van der Waals surface area (Å²) in [5, 5.41) is 13.1. The van der Waals surface area contributed by atoms with E-state index in [0.29, 0.717) is 19.0 Å². The third-order valence-electron chi connectivity index (χ3n) is 4.91. The van der Waals surface area contributed by atoms with Crippen molar-refractivity contribution in [2.24, 2.45) is 5.92 Å². The number of anilines is 1. The molecule has 0 radical (unpaired) electrons. The minimum absolute atomic E-state index is 0.0742. The summed E-state index contributed by atoms with van der Waals surface area (Å²) in [6.45, 7) is 3.00. The minimum atomic E-state index is -3.64. The third-order valence-corrected chi connectivity index (χ3v) is 6.82. The number of nitrogens with zero attached hydrogens (tertiary/aromatic N) is 2. The number of carbonyl (C=O) groups excluding carboxylic acids is 1. The number of nitrogens with one attached hydrogen (secondary N) is 1. The van der Waals surface area contributed by atoms with Gasteiger partial charge in [-0.1, -0.05) is 6.92 Å². The molecule has 10 heteroatoms. The number of non-ortho nitro benzene ring substituents is 1. The predicted molar refractivity (Wildman–Crippen MR) is 105 cm³/mol. The van der Waals surface area contributed by atoms with Gasteiger partial charge in [-0.15, -0.1) is 0 Å². The summed E-state index contributed by atoms with van der Waals surface area (Å²) in [7, 11) is -3.64. The fraction of sp³-hybridized carbons (Fsp3) is 0.316. The van der Waals surface area contributed by atoms with Crippen molar-refractivity contribution < 1.29 is 22.5 Å². The monoisotopic (exact) mass is 421 g/mol. The number of hydrogen-bond donors (Lipinski definition) is 1. The molecule has 0 aromatic heterocycles. The predicted octanol–water partition coefficient (Wildman–Crippen LogP) is 3.41. The first-order valence-electron chi connectivity index (χ1n) is 9.04. The Bertz CT molecular complexity index is 1030. The van der Waals surface area contributed by atoms with Crippen LogP contribution in [0.2, 0.25) is 0 Å². The van der Waals surface area contributed by atoms with E-state index in [4.69, 9.17) is 0 Å². The maximum absolute atomic E-state index is 13.8. The average Bonchev–Trinajstić information content (AvgIpc) is 2.70. The number of hydrogen-bond acceptors (Lipinski definition) is 5. The second kappa shape index (κ2) is 8.26. The zero-order chi connectivity index (χ0) is 21.2. The molecule has 1 saturated heterocycles. The summed E-state index contributed by atoms with van der Waals surface area (Å²) in [4.78, 5) is 22.5. The Morgan fingerprint density at radius 1 is 1.17 bits per heavy atom. The summed E-state index contributed by atoms with van der Waals surface area (Å²) in [6, 6.07) is 8.10. The first-order valence-corrected chi connectivity index (χ1v) is 10.5. The Balaban J connectivity index is 1.75. The van der Waals surface area contributed by atoms with E-state index in [-0.39, 0.29) is 21.8 Å². The van der Waals surface area contributed by atoms with Crippen molar-refractivity contribution in [3.8, 4) is 0 Å². The number of halogens is 1. The Kier molecular flexibility index (Phi) is 5.94. The number of benzene rings is 2. The van der Waals surface area contributed by atoms with Gasteiger partial charge in [-0.05, 0) is 49.1 Å². The lowest BCUT2D eigenvalue weighted by Gasteiger charge is -2.29. The molecule has 1 fully saturated rings. The van der Waals surface area contributed by atoms with Gasteiger partial charge in [0.05, 0.1) is 15.5 Å². The van der Waals surface area contributed by atoms with Crippen LogP contribution in [-0.4, -0.2) is 36.6 Å². The fourth-order valence-electron chi connectivity index (χ4n) is 3.07. The minimum Gasteiger partial charge on any atom is -0.319 e. The number of amides is 1. The van der Waals surface area contributed by atoms with Crippen molar-refractivity contribution in [2.45, 2.75) is 24.7 Å². The van der Waals surface area contributed by atoms with E-state index in [1.54, 1.807) is 0 Å². The molecular formula is C19H20FN3O5S. The molecule has 3 rings (SSSR count). The molecule has 0 unspecified atom stereocenters. The second-order valence-electron chi connectivity index (χ2n) is 6.99. The highest BCUT2D eigenvalue weighted by Crippen LogP contribution is 2.25. The van der Waals surface area contributed by atoms with E-state index >= 15 is 0 Å². The zero-order valence-corrected chi connectivity index (χ0v) is 16.5. The van der Waals surface area contributed by atoms with Crippen molar-refractivity contribution in [1.29, 1.82) is 0 Å². The first-order chi connectivity index (χ1) is 13.7. The Hall–Kier alpha value is -2.85. The lowest BCUT2D eigenvalue weighted by molar-refractivity contribution is -0.384. The molecule has 0 spiro atoms. The highest BCUT2D eigenvalue weighted by Gasteiger charge is 2.28. The van der Waals surface area contributed by atoms with Gasteiger partial charge in [0.15, 0.2) is 0 Å². The molecular weight excluding hydrogens is 401 g/mol. The number of nitro benzene ring substituents is 1. The maximum atomic E-state index is 13.8. The van der Waals surface area contributed by atoms with Crippen LogP contribution in [0.3, 0.4) is 0 Å². The van der Waals surface area contributed by atoms with Gasteiger partial charge in [0.2, 0.25) is 10.0 Å². The van der Waals surface area contributed by atoms with Gasteiger partial charge in [0.1, 0.15) is 5.82 Å². The molecule has 0 atom stereocenters. The molecule has 1 aliphatic rings. The lowest BCUT2D eigenvalue weighted by atomic mass is 10.0. The number of carbonyl (C=O) groups is 1. The molecule has 29 heavy (non-hydrogen) atoms. The van der Waals surface area contributed by atoms with E-state index in [1.807, 2.05) is 0 Å². The van der Waals surface area contributed by atoms with Crippen LogP contribution in [0.1, 0.15) is 30.1 Å². The van der Waals surface area contributed by atoms with Crippen LogP contribution < -0.4 is 5.32 Å². The molecule has 1 aliphatic heterocycles. The molecule has 2 aromatic carbocycles. The number of piperidine rings is 1.